The molecular weight excluding hydrogens is 370 g/mol. The predicted octanol–water partition coefficient (Wildman–Crippen LogP) is 2.00. The number of hydrogen-bond acceptors (Lipinski definition) is 5. The molecule has 0 spiro atoms. The summed E-state index contributed by atoms with van der Waals surface area (Å²) < 4.78 is 4.71. The molecule has 7 heteroatoms. The summed E-state index contributed by atoms with van der Waals surface area (Å²) >= 11 is 0. The minimum Gasteiger partial charge on any atom is -0.465 e. The summed E-state index contributed by atoms with van der Waals surface area (Å²) in [5.41, 5.74) is 1.47. The number of rotatable bonds is 5. The molecule has 2 aromatic carbocycles. The highest BCUT2D eigenvalue weighted by Gasteiger charge is 2.34. The van der Waals surface area contributed by atoms with E-state index in [4.69, 9.17) is 4.74 Å². The molecule has 0 radical (unpaired) electrons. The lowest BCUT2D eigenvalue weighted by atomic mass is 9.92. The Balaban J connectivity index is 1.70. The first-order valence-electron chi connectivity index (χ1n) is 9.41. The van der Waals surface area contributed by atoms with Crippen LogP contribution in [-0.4, -0.2) is 30.9 Å². The Kier molecular flexibility index (Phi) is 5.98. The van der Waals surface area contributed by atoms with E-state index in [1.165, 1.54) is 7.11 Å². The van der Waals surface area contributed by atoms with Gasteiger partial charge in [-0.25, -0.2) is 4.79 Å². The lowest BCUT2D eigenvalue weighted by molar-refractivity contribution is -0.132. The van der Waals surface area contributed by atoms with Gasteiger partial charge in [-0.05, 0) is 37.1 Å². The van der Waals surface area contributed by atoms with E-state index in [2.05, 4.69) is 16.0 Å². The fraction of sp³-hybridized carbons (Fsp3) is 0.318. The highest BCUT2D eigenvalue weighted by atomic mass is 16.5. The number of nitrogens with one attached hydrogen (secondary N) is 3. The molecule has 0 aliphatic carbocycles. The number of carbonyl (C=O) groups excluding carboxylic acids is 3. The molecule has 1 aliphatic rings. The van der Waals surface area contributed by atoms with Crippen molar-refractivity contribution in [1.29, 1.82) is 0 Å². The lowest BCUT2D eigenvalue weighted by Crippen LogP contribution is -2.58. The van der Waals surface area contributed by atoms with Gasteiger partial charge in [-0.3, -0.25) is 14.9 Å². The van der Waals surface area contributed by atoms with Crippen LogP contribution in [-0.2, 0) is 19.9 Å². The summed E-state index contributed by atoms with van der Waals surface area (Å²) in [7, 11) is 1.33. The second-order valence-electron chi connectivity index (χ2n) is 7.52. The first kappa shape index (κ1) is 20.5. The van der Waals surface area contributed by atoms with Crippen LogP contribution in [0.5, 0.6) is 0 Å². The van der Waals surface area contributed by atoms with Crippen LogP contribution in [0.2, 0.25) is 0 Å². The molecular formula is C22H25N3O4. The highest BCUT2D eigenvalue weighted by molar-refractivity contribution is 5.90. The fourth-order valence-electron chi connectivity index (χ4n) is 3.31. The molecule has 7 nitrogen and oxygen atoms in total. The number of methoxy groups -OCH3 is 1. The van der Waals surface area contributed by atoms with Crippen LogP contribution in [0, 0.1) is 0 Å². The lowest BCUT2D eigenvalue weighted by Gasteiger charge is -2.34. The number of amides is 2. The second-order valence-corrected chi connectivity index (χ2v) is 7.52. The van der Waals surface area contributed by atoms with Gasteiger partial charge < -0.3 is 15.4 Å². The van der Waals surface area contributed by atoms with Crippen molar-refractivity contribution in [3.63, 3.8) is 0 Å². The topological polar surface area (TPSA) is 96.5 Å². The zero-order valence-electron chi connectivity index (χ0n) is 16.7. The number of esters is 1. The largest absolute Gasteiger partial charge is 0.465 e. The van der Waals surface area contributed by atoms with Crippen molar-refractivity contribution in [2.45, 2.75) is 38.0 Å². The Morgan fingerprint density at radius 2 is 1.72 bits per heavy atom. The van der Waals surface area contributed by atoms with Gasteiger partial charge in [0.1, 0.15) is 6.17 Å². The fourth-order valence-corrected chi connectivity index (χ4v) is 3.31. The zero-order chi connectivity index (χ0) is 21.0. The Morgan fingerprint density at radius 1 is 1.07 bits per heavy atom. The van der Waals surface area contributed by atoms with Crippen LogP contribution in [0.3, 0.4) is 0 Å². The van der Waals surface area contributed by atoms with Crippen molar-refractivity contribution in [3.8, 4) is 0 Å². The monoisotopic (exact) mass is 395 g/mol. The molecule has 0 saturated carbocycles. The third-order valence-electron chi connectivity index (χ3n) is 4.98. The summed E-state index contributed by atoms with van der Waals surface area (Å²) in [4.78, 5) is 36.7. The Bertz CT molecular complexity index is 894. The van der Waals surface area contributed by atoms with Crippen molar-refractivity contribution >= 4 is 17.8 Å². The van der Waals surface area contributed by atoms with Gasteiger partial charge in [0.2, 0.25) is 11.8 Å². The van der Waals surface area contributed by atoms with Crippen molar-refractivity contribution in [2.24, 2.45) is 0 Å². The smallest absolute Gasteiger partial charge is 0.337 e. The maximum Gasteiger partial charge on any atom is 0.337 e. The summed E-state index contributed by atoms with van der Waals surface area (Å²) in [6.07, 6.45) is -0.359. The molecule has 1 saturated heterocycles. The molecule has 1 aliphatic heterocycles. The van der Waals surface area contributed by atoms with E-state index in [9.17, 15) is 14.4 Å². The normalized spacial score (nSPS) is 19.2. The van der Waals surface area contributed by atoms with E-state index in [-0.39, 0.29) is 18.2 Å². The van der Waals surface area contributed by atoms with Crippen molar-refractivity contribution in [1.82, 2.24) is 16.0 Å². The number of ether oxygens (including phenoxy) is 1. The molecule has 0 bridgehead atoms. The molecule has 0 aromatic heterocycles. The summed E-state index contributed by atoms with van der Waals surface area (Å²) in [5.74, 6) is -0.858. The van der Waals surface area contributed by atoms with E-state index in [1.807, 2.05) is 44.2 Å². The number of benzene rings is 2. The number of hydrogen-bond donors (Lipinski definition) is 3. The van der Waals surface area contributed by atoms with Gasteiger partial charge in [0.15, 0.2) is 0 Å². The zero-order valence-corrected chi connectivity index (χ0v) is 16.7. The summed E-state index contributed by atoms with van der Waals surface area (Å²) in [6, 6.07) is 15.7. The van der Waals surface area contributed by atoms with Gasteiger partial charge in [-0.2, -0.15) is 0 Å². The van der Waals surface area contributed by atoms with Crippen LogP contribution in [0.15, 0.2) is 54.6 Å². The minimum absolute atomic E-state index is 0.0620. The Morgan fingerprint density at radius 3 is 2.34 bits per heavy atom. The molecule has 3 N–H and O–H groups in total. The molecule has 2 atom stereocenters. The third kappa shape index (κ3) is 4.81. The van der Waals surface area contributed by atoms with E-state index in [0.29, 0.717) is 5.56 Å². The first-order chi connectivity index (χ1) is 13.8. The molecule has 1 fully saturated rings. The van der Waals surface area contributed by atoms with Crippen LogP contribution < -0.4 is 16.0 Å². The molecule has 29 heavy (non-hydrogen) atoms. The maximum absolute atomic E-state index is 12.9. The van der Waals surface area contributed by atoms with Gasteiger partial charge in [0.25, 0.3) is 0 Å². The molecule has 2 amide bonds. The molecule has 3 rings (SSSR count). The molecule has 152 valence electrons. The summed E-state index contributed by atoms with van der Waals surface area (Å²) in [5, 5.41) is 9.06. The second kappa shape index (κ2) is 8.45. The molecule has 1 heterocycles. The highest BCUT2D eigenvalue weighted by Crippen LogP contribution is 2.22. The van der Waals surface area contributed by atoms with E-state index >= 15 is 0 Å². The van der Waals surface area contributed by atoms with Gasteiger partial charge in [-0.15, -0.1) is 0 Å². The van der Waals surface area contributed by atoms with Gasteiger partial charge in [0.05, 0.1) is 30.7 Å². The SMILES string of the molecule is COC(=O)c1ccc(C(C)(C)NC(=O)C2CC(=O)NC(c3ccccc3)N2)cc1. The Hall–Kier alpha value is -3.19. The van der Waals surface area contributed by atoms with E-state index in [1.54, 1.807) is 24.3 Å². The quantitative estimate of drug-likeness (QED) is 0.673. The molecule has 2 unspecified atom stereocenters. The van der Waals surface area contributed by atoms with E-state index in [0.717, 1.165) is 11.1 Å². The standard InChI is InChI=1S/C22H25N3O4/c1-22(2,16-11-9-15(10-12-16)21(28)29-3)25-20(27)17-13-18(26)24-19(23-17)14-7-5-4-6-8-14/h4-12,17,19,23H,13H2,1-3H3,(H,24,26)(H,25,27). The summed E-state index contributed by atoms with van der Waals surface area (Å²) in [6.45, 7) is 3.74. The van der Waals surface area contributed by atoms with Crippen LogP contribution in [0.4, 0.5) is 0 Å². The van der Waals surface area contributed by atoms with Crippen molar-refractivity contribution in [2.75, 3.05) is 7.11 Å². The van der Waals surface area contributed by atoms with E-state index < -0.39 is 23.7 Å². The first-order valence-corrected chi connectivity index (χ1v) is 9.41. The van der Waals surface area contributed by atoms with Gasteiger partial charge >= 0.3 is 5.97 Å². The minimum atomic E-state index is -0.691. The van der Waals surface area contributed by atoms with Gasteiger partial charge in [-0.1, -0.05) is 42.5 Å². The van der Waals surface area contributed by atoms with Gasteiger partial charge in [0, 0.05) is 0 Å². The van der Waals surface area contributed by atoms with Crippen LogP contribution >= 0.6 is 0 Å². The Labute approximate surface area is 169 Å². The van der Waals surface area contributed by atoms with Crippen molar-refractivity contribution in [3.05, 3.63) is 71.3 Å². The average molecular weight is 395 g/mol. The predicted molar refractivity (Wildman–Crippen MR) is 108 cm³/mol. The van der Waals surface area contributed by atoms with Crippen LogP contribution in [0.25, 0.3) is 0 Å². The maximum atomic E-state index is 12.9. The third-order valence-corrected chi connectivity index (χ3v) is 4.98. The van der Waals surface area contributed by atoms with Crippen molar-refractivity contribution < 1.29 is 19.1 Å². The number of carbonyl (C=O) groups is 3. The molecule has 2 aromatic rings. The van der Waals surface area contributed by atoms with Crippen LogP contribution in [0.1, 0.15) is 47.9 Å². The average Bonchev–Trinajstić information content (AvgIpc) is 2.73.